The van der Waals surface area contributed by atoms with Crippen molar-refractivity contribution in [3.8, 4) is 11.5 Å². The zero-order chi connectivity index (χ0) is 19.2. The van der Waals surface area contributed by atoms with Crippen LogP contribution in [0.3, 0.4) is 0 Å². The molecule has 2 aliphatic rings. The molecule has 1 aromatic heterocycles. The van der Waals surface area contributed by atoms with E-state index < -0.39 is 0 Å². The Balaban J connectivity index is 1.30. The van der Waals surface area contributed by atoms with E-state index in [1.54, 1.807) is 0 Å². The summed E-state index contributed by atoms with van der Waals surface area (Å²) < 4.78 is 17.4. The molecule has 0 spiro atoms. The Hall–Kier alpha value is -2.35. The molecule has 0 saturated carbocycles. The van der Waals surface area contributed by atoms with Crippen LogP contribution in [0.2, 0.25) is 0 Å². The van der Waals surface area contributed by atoms with E-state index in [0.29, 0.717) is 19.8 Å². The Morgan fingerprint density at radius 1 is 1.07 bits per heavy atom. The van der Waals surface area contributed by atoms with Crippen LogP contribution in [0.5, 0.6) is 11.5 Å². The third kappa shape index (κ3) is 4.55. The number of aliphatic hydroxyl groups excluding tert-OH is 1. The molecule has 1 atom stereocenters. The van der Waals surface area contributed by atoms with Crippen LogP contribution < -0.4 is 14.4 Å². The van der Waals surface area contributed by atoms with Crippen LogP contribution >= 0.6 is 0 Å². The normalized spacial score (nSPS) is 19.6. The molecule has 0 bridgehead atoms. The van der Waals surface area contributed by atoms with Crippen LogP contribution in [-0.4, -0.2) is 73.6 Å². The molecule has 150 valence electrons. The number of rotatable bonds is 7. The highest BCUT2D eigenvalue weighted by Gasteiger charge is 2.26. The Labute approximate surface area is 165 Å². The van der Waals surface area contributed by atoms with Gasteiger partial charge in [0.1, 0.15) is 18.5 Å². The van der Waals surface area contributed by atoms with E-state index in [-0.39, 0.29) is 12.7 Å². The van der Waals surface area contributed by atoms with Gasteiger partial charge in [-0.05, 0) is 18.2 Å². The molecule has 1 N–H and O–H groups in total. The summed E-state index contributed by atoms with van der Waals surface area (Å²) in [6.45, 7) is 6.02. The van der Waals surface area contributed by atoms with Gasteiger partial charge in [-0.15, -0.1) is 0 Å². The first kappa shape index (κ1) is 19.0. The number of aromatic nitrogens is 1. The minimum atomic E-state index is 0.0334. The number of piperazine rings is 1. The number of benzene rings is 1. The molecule has 0 radical (unpaired) electrons. The van der Waals surface area contributed by atoms with Crippen LogP contribution in [0.15, 0.2) is 42.6 Å². The van der Waals surface area contributed by atoms with Gasteiger partial charge in [-0.1, -0.05) is 18.2 Å². The van der Waals surface area contributed by atoms with Gasteiger partial charge >= 0.3 is 0 Å². The first-order chi connectivity index (χ1) is 13.8. The van der Waals surface area contributed by atoms with Gasteiger partial charge in [0, 0.05) is 44.5 Å². The average molecular weight is 385 g/mol. The smallest absolute Gasteiger partial charge is 0.161 e. The predicted octanol–water partition coefficient (Wildman–Crippen LogP) is 1.55. The molecule has 0 amide bonds. The summed E-state index contributed by atoms with van der Waals surface area (Å²) >= 11 is 0. The SMILES string of the molecule is OCCOCc1cccnc1N1CCN(CC2COc3ccccc3O2)CC1. The number of hydrogen-bond acceptors (Lipinski definition) is 7. The predicted molar refractivity (Wildman–Crippen MR) is 106 cm³/mol. The largest absolute Gasteiger partial charge is 0.486 e. The fraction of sp³-hybridized carbons (Fsp3) is 0.476. The highest BCUT2D eigenvalue weighted by Crippen LogP contribution is 2.31. The Bertz CT molecular complexity index is 765. The van der Waals surface area contributed by atoms with Gasteiger partial charge in [-0.25, -0.2) is 4.98 Å². The summed E-state index contributed by atoms with van der Waals surface area (Å²) in [5.41, 5.74) is 1.06. The fourth-order valence-electron chi connectivity index (χ4n) is 3.66. The molecular weight excluding hydrogens is 358 g/mol. The lowest BCUT2D eigenvalue weighted by Crippen LogP contribution is -2.51. The number of anilines is 1. The molecule has 0 aliphatic carbocycles. The van der Waals surface area contributed by atoms with Crippen molar-refractivity contribution in [2.24, 2.45) is 0 Å². The van der Waals surface area contributed by atoms with Crippen molar-refractivity contribution >= 4 is 5.82 Å². The molecule has 1 aromatic carbocycles. The van der Waals surface area contributed by atoms with E-state index in [1.807, 2.05) is 42.6 Å². The number of fused-ring (bicyclic) bond motifs is 1. The molecule has 3 heterocycles. The van der Waals surface area contributed by atoms with Crippen molar-refractivity contribution < 1.29 is 19.3 Å². The molecule has 4 rings (SSSR count). The average Bonchev–Trinajstić information content (AvgIpc) is 2.75. The number of pyridine rings is 1. The first-order valence-corrected chi connectivity index (χ1v) is 9.82. The van der Waals surface area contributed by atoms with Crippen LogP contribution in [0.1, 0.15) is 5.56 Å². The maximum atomic E-state index is 8.90. The summed E-state index contributed by atoms with van der Waals surface area (Å²) in [4.78, 5) is 9.29. The minimum absolute atomic E-state index is 0.0334. The van der Waals surface area contributed by atoms with Crippen molar-refractivity contribution in [3.63, 3.8) is 0 Å². The topological polar surface area (TPSA) is 67.3 Å². The second-order valence-corrected chi connectivity index (χ2v) is 7.05. The van der Waals surface area contributed by atoms with E-state index in [0.717, 1.165) is 55.6 Å². The minimum Gasteiger partial charge on any atom is -0.486 e. The highest BCUT2D eigenvalue weighted by molar-refractivity contribution is 5.47. The van der Waals surface area contributed by atoms with Gasteiger partial charge in [0.2, 0.25) is 0 Å². The quantitative estimate of drug-likeness (QED) is 0.726. The van der Waals surface area contributed by atoms with Gasteiger partial charge in [-0.3, -0.25) is 4.90 Å². The molecule has 1 saturated heterocycles. The van der Waals surface area contributed by atoms with Crippen LogP contribution in [0.4, 0.5) is 5.82 Å². The summed E-state index contributed by atoms with van der Waals surface area (Å²) in [6.07, 6.45) is 1.88. The van der Waals surface area contributed by atoms with E-state index in [1.165, 1.54) is 0 Å². The monoisotopic (exact) mass is 385 g/mol. The summed E-state index contributed by atoms with van der Waals surface area (Å²) in [5.74, 6) is 2.64. The number of para-hydroxylation sites is 2. The van der Waals surface area contributed by atoms with Crippen molar-refractivity contribution in [1.29, 1.82) is 0 Å². The van der Waals surface area contributed by atoms with Crippen molar-refractivity contribution in [3.05, 3.63) is 48.2 Å². The fourth-order valence-corrected chi connectivity index (χ4v) is 3.66. The zero-order valence-electron chi connectivity index (χ0n) is 16.0. The second kappa shape index (κ2) is 9.23. The Morgan fingerprint density at radius 2 is 1.89 bits per heavy atom. The van der Waals surface area contributed by atoms with Crippen molar-refractivity contribution in [2.75, 3.05) is 57.4 Å². The molecule has 1 unspecified atom stereocenters. The van der Waals surface area contributed by atoms with Gasteiger partial charge in [0.15, 0.2) is 11.5 Å². The van der Waals surface area contributed by atoms with Gasteiger partial charge in [-0.2, -0.15) is 0 Å². The van der Waals surface area contributed by atoms with Gasteiger partial charge < -0.3 is 24.2 Å². The molecule has 28 heavy (non-hydrogen) atoms. The van der Waals surface area contributed by atoms with Crippen LogP contribution in [0.25, 0.3) is 0 Å². The van der Waals surface area contributed by atoms with Gasteiger partial charge in [0.25, 0.3) is 0 Å². The van der Waals surface area contributed by atoms with E-state index in [9.17, 15) is 0 Å². The molecule has 2 aliphatic heterocycles. The summed E-state index contributed by atoms with van der Waals surface area (Å²) in [5, 5.41) is 8.90. The second-order valence-electron chi connectivity index (χ2n) is 7.05. The lowest BCUT2D eigenvalue weighted by molar-refractivity contribution is 0.0570. The first-order valence-electron chi connectivity index (χ1n) is 9.82. The molecule has 1 fully saturated rings. The lowest BCUT2D eigenvalue weighted by Gasteiger charge is -2.38. The summed E-state index contributed by atoms with van der Waals surface area (Å²) in [7, 11) is 0. The van der Waals surface area contributed by atoms with Gasteiger partial charge in [0.05, 0.1) is 19.8 Å². The number of aliphatic hydroxyl groups is 1. The third-order valence-electron chi connectivity index (χ3n) is 5.06. The summed E-state index contributed by atoms with van der Waals surface area (Å²) in [6, 6.07) is 11.8. The van der Waals surface area contributed by atoms with Crippen LogP contribution in [0, 0.1) is 0 Å². The molecule has 7 heteroatoms. The standard InChI is InChI=1S/C21H27N3O4/c25-12-13-26-15-17-4-3-7-22-21(17)24-10-8-23(9-11-24)14-18-16-27-19-5-1-2-6-20(19)28-18/h1-7,18,25H,8-16H2. The van der Waals surface area contributed by atoms with E-state index >= 15 is 0 Å². The molecular formula is C21H27N3O4. The number of nitrogens with zero attached hydrogens (tertiary/aromatic N) is 3. The Morgan fingerprint density at radius 3 is 2.71 bits per heavy atom. The zero-order valence-corrected chi connectivity index (χ0v) is 16.0. The lowest BCUT2D eigenvalue weighted by atomic mass is 10.2. The van der Waals surface area contributed by atoms with E-state index in [4.69, 9.17) is 19.3 Å². The highest BCUT2D eigenvalue weighted by atomic mass is 16.6. The van der Waals surface area contributed by atoms with Crippen LogP contribution in [-0.2, 0) is 11.3 Å². The number of hydrogen-bond donors (Lipinski definition) is 1. The van der Waals surface area contributed by atoms with Crippen molar-refractivity contribution in [2.45, 2.75) is 12.7 Å². The third-order valence-corrected chi connectivity index (χ3v) is 5.06. The maximum absolute atomic E-state index is 8.90. The van der Waals surface area contributed by atoms with Crippen molar-refractivity contribution in [1.82, 2.24) is 9.88 Å². The van der Waals surface area contributed by atoms with E-state index in [2.05, 4.69) is 14.8 Å². The maximum Gasteiger partial charge on any atom is 0.161 e. The Kier molecular flexibility index (Phi) is 6.26. The number of ether oxygens (including phenoxy) is 3. The molecule has 2 aromatic rings. The molecule has 7 nitrogen and oxygen atoms in total.